The Kier molecular flexibility index (Phi) is 2.69. The molecule has 19 heavy (non-hydrogen) atoms. The number of nitrogens with one attached hydrogen (secondary N) is 1. The Labute approximate surface area is 112 Å². The second-order valence-corrected chi connectivity index (χ2v) is 5.63. The molecular weight excluding hydrogens is 238 g/mol. The summed E-state index contributed by atoms with van der Waals surface area (Å²) < 4.78 is 5.77. The zero-order valence-electron chi connectivity index (χ0n) is 11.0. The van der Waals surface area contributed by atoms with Crippen LogP contribution in [-0.2, 0) is 0 Å². The minimum atomic E-state index is 0.494. The normalized spacial score (nSPS) is 27.6. The number of benzene rings is 1. The average Bonchev–Trinajstić information content (AvgIpc) is 3.03. The molecule has 0 saturated carbocycles. The summed E-state index contributed by atoms with van der Waals surface area (Å²) in [6.45, 7) is 2.47. The van der Waals surface area contributed by atoms with Crippen LogP contribution in [0.15, 0.2) is 28.7 Å². The smallest absolute Gasteiger partial charge is 0.295 e. The number of fused-ring (bicyclic) bond motifs is 2. The van der Waals surface area contributed by atoms with Gasteiger partial charge in [0.15, 0.2) is 5.58 Å². The fourth-order valence-electron chi connectivity index (χ4n) is 3.51. The van der Waals surface area contributed by atoms with Crippen LogP contribution in [0.2, 0.25) is 0 Å². The van der Waals surface area contributed by atoms with Crippen LogP contribution >= 0.6 is 0 Å². The maximum atomic E-state index is 5.77. The van der Waals surface area contributed by atoms with Gasteiger partial charge in [0.2, 0.25) is 0 Å². The van der Waals surface area contributed by atoms with Crippen molar-refractivity contribution in [2.75, 3.05) is 18.4 Å². The minimum Gasteiger partial charge on any atom is -0.424 e. The molecule has 4 heteroatoms. The van der Waals surface area contributed by atoms with E-state index in [4.69, 9.17) is 4.42 Å². The maximum Gasteiger partial charge on any atom is 0.295 e. The summed E-state index contributed by atoms with van der Waals surface area (Å²) in [6.07, 6.45) is 5.21. The molecular formula is C15H19N3O. The largest absolute Gasteiger partial charge is 0.424 e. The molecule has 0 unspecified atom stereocenters. The molecule has 2 aliphatic heterocycles. The van der Waals surface area contributed by atoms with E-state index < -0.39 is 0 Å². The lowest BCUT2D eigenvalue weighted by Gasteiger charge is -2.32. The molecule has 3 heterocycles. The van der Waals surface area contributed by atoms with Crippen molar-refractivity contribution < 1.29 is 4.42 Å². The van der Waals surface area contributed by atoms with Crippen LogP contribution in [0.25, 0.3) is 11.1 Å². The number of hydrogen-bond acceptors (Lipinski definition) is 4. The molecule has 2 aromatic rings. The molecule has 0 aliphatic carbocycles. The van der Waals surface area contributed by atoms with E-state index in [1.807, 2.05) is 24.3 Å². The van der Waals surface area contributed by atoms with E-state index in [1.54, 1.807) is 0 Å². The third kappa shape index (κ3) is 2.00. The zero-order valence-corrected chi connectivity index (χ0v) is 11.0. The fourth-order valence-corrected chi connectivity index (χ4v) is 3.51. The molecule has 0 bridgehead atoms. The van der Waals surface area contributed by atoms with Gasteiger partial charge in [-0.25, -0.2) is 0 Å². The predicted octanol–water partition coefficient (Wildman–Crippen LogP) is 2.87. The van der Waals surface area contributed by atoms with Gasteiger partial charge in [0.1, 0.15) is 5.52 Å². The van der Waals surface area contributed by atoms with Crippen molar-refractivity contribution in [3.63, 3.8) is 0 Å². The average molecular weight is 257 g/mol. The van der Waals surface area contributed by atoms with E-state index in [0.29, 0.717) is 18.1 Å². The molecule has 2 saturated heterocycles. The SMILES string of the molecule is c1ccc2oc(N[C@H]3CCN4CCCC[C@@H]34)nc2c1. The first kappa shape index (κ1) is 11.3. The highest BCUT2D eigenvalue weighted by molar-refractivity contribution is 5.74. The maximum absolute atomic E-state index is 5.77. The van der Waals surface area contributed by atoms with Crippen LogP contribution in [0.5, 0.6) is 0 Å². The molecule has 1 aromatic heterocycles. The summed E-state index contributed by atoms with van der Waals surface area (Å²) in [5, 5.41) is 3.51. The number of rotatable bonds is 2. The van der Waals surface area contributed by atoms with Crippen molar-refractivity contribution in [3.8, 4) is 0 Å². The standard InChI is InChI=1S/C15H19N3O/c1-2-7-14-12(5-1)17-15(19-14)16-11-8-10-18-9-4-3-6-13(11)18/h1-2,5,7,11,13H,3-4,6,8-10H2,(H,16,17)/t11-,13-/m0/s1. The van der Waals surface area contributed by atoms with Crippen molar-refractivity contribution in [2.24, 2.45) is 0 Å². The lowest BCUT2D eigenvalue weighted by Crippen LogP contribution is -2.41. The summed E-state index contributed by atoms with van der Waals surface area (Å²) in [6, 6.07) is 9.78. The number of anilines is 1. The van der Waals surface area contributed by atoms with Gasteiger partial charge in [-0.15, -0.1) is 0 Å². The van der Waals surface area contributed by atoms with Gasteiger partial charge >= 0.3 is 0 Å². The van der Waals surface area contributed by atoms with Gasteiger partial charge in [0.05, 0.1) is 0 Å². The monoisotopic (exact) mass is 257 g/mol. The van der Waals surface area contributed by atoms with E-state index in [2.05, 4.69) is 15.2 Å². The summed E-state index contributed by atoms with van der Waals surface area (Å²) in [4.78, 5) is 7.13. The Morgan fingerprint density at radius 3 is 3.05 bits per heavy atom. The highest BCUT2D eigenvalue weighted by Gasteiger charge is 2.36. The Hall–Kier alpha value is -1.55. The van der Waals surface area contributed by atoms with Gasteiger partial charge in [0, 0.05) is 18.6 Å². The molecule has 4 rings (SSSR count). The highest BCUT2D eigenvalue weighted by atomic mass is 16.4. The summed E-state index contributed by atoms with van der Waals surface area (Å²) in [7, 11) is 0. The van der Waals surface area contributed by atoms with Crippen molar-refractivity contribution in [1.82, 2.24) is 9.88 Å². The molecule has 2 atom stereocenters. The van der Waals surface area contributed by atoms with E-state index in [0.717, 1.165) is 11.1 Å². The first-order chi connectivity index (χ1) is 9.40. The fraction of sp³-hybridized carbons (Fsp3) is 0.533. The van der Waals surface area contributed by atoms with Gasteiger partial charge in [0.25, 0.3) is 6.01 Å². The second-order valence-electron chi connectivity index (χ2n) is 5.63. The Morgan fingerprint density at radius 1 is 1.16 bits per heavy atom. The number of hydrogen-bond donors (Lipinski definition) is 1. The van der Waals surface area contributed by atoms with Gasteiger partial charge in [-0.05, 0) is 37.9 Å². The van der Waals surface area contributed by atoms with Gasteiger partial charge in [-0.3, -0.25) is 4.90 Å². The summed E-state index contributed by atoms with van der Waals surface area (Å²) in [5.41, 5.74) is 1.80. The molecule has 1 aromatic carbocycles. The lowest BCUT2D eigenvalue weighted by molar-refractivity contribution is 0.192. The molecule has 4 nitrogen and oxygen atoms in total. The van der Waals surface area contributed by atoms with Crippen LogP contribution in [0.4, 0.5) is 6.01 Å². The molecule has 0 spiro atoms. The van der Waals surface area contributed by atoms with Gasteiger partial charge in [-0.2, -0.15) is 4.98 Å². The molecule has 2 aliphatic rings. The Morgan fingerprint density at radius 2 is 2.11 bits per heavy atom. The number of aromatic nitrogens is 1. The van der Waals surface area contributed by atoms with Crippen LogP contribution in [0, 0.1) is 0 Å². The first-order valence-corrected chi connectivity index (χ1v) is 7.26. The van der Waals surface area contributed by atoms with E-state index in [1.165, 1.54) is 38.8 Å². The van der Waals surface area contributed by atoms with Gasteiger partial charge in [-0.1, -0.05) is 18.6 Å². The van der Waals surface area contributed by atoms with Crippen molar-refractivity contribution in [2.45, 2.75) is 37.8 Å². The third-order valence-corrected chi connectivity index (χ3v) is 4.46. The van der Waals surface area contributed by atoms with Crippen LogP contribution in [-0.4, -0.2) is 35.1 Å². The Bertz CT molecular complexity index is 547. The van der Waals surface area contributed by atoms with Crippen molar-refractivity contribution >= 4 is 17.1 Å². The molecule has 100 valence electrons. The summed E-state index contributed by atoms with van der Waals surface area (Å²) in [5.74, 6) is 0. The predicted molar refractivity (Wildman–Crippen MR) is 75.2 cm³/mol. The number of para-hydroxylation sites is 2. The van der Waals surface area contributed by atoms with Crippen LogP contribution in [0.3, 0.4) is 0 Å². The highest BCUT2D eigenvalue weighted by Crippen LogP contribution is 2.29. The first-order valence-electron chi connectivity index (χ1n) is 7.26. The van der Waals surface area contributed by atoms with E-state index in [9.17, 15) is 0 Å². The Balaban J connectivity index is 1.54. The lowest BCUT2D eigenvalue weighted by atomic mass is 9.99. The van der Waals surface area contributed by atoms with Gasteiger partial charge < -0.3 is 9.73 Å². The van der Waals surface area contributed by atoms with Crippen LogP contribution in [0.1, 0.15) is 25.7 Å². The quantitative estimate of drug-likeness (QED) is 0.898. The van der Waals surface area contributed by atoms with E-state index in [-0.39, 0.29) is 0 Å². The van der Waals surface area contributed by atoms with E-state index >= 15 is 0 Å². The number of nitrogens with zero attached hydrogens (tertiary/aromatic N) is 2. The third-order valence-electron chi connectivity index (χ3n) is 4.46. The number of piperidine rings is 1. The second kappa shape index (κ2) is 4.53. The summed E-state index contributed by atoms with van der Waals surface area (Å²) >= 11 is 0. The van der Waals surface area contributed by atoms with Crippen molar-refractivity contribution in [3.05, 3.63) is 24.3 Å². The molecule has 2 fully saturated rings. The van der Waals surface area contributed by atoms with Crippen molar-refractivity contribution in [1.29, 1.82) is 0 Å². The topological polar surface area (TPSA) is 41.3 Å². The zero-order chi connectivity index (χ0) is 12.7. The minimum absolute atomic E-state index is 0.494. The van der Waals surface area contributed by atoms with Crippen LogP contribution < -0.4 is 5.32 Å². The molecule has 0 amide bonds. The molecule has 1 N–H and O–H groups in total. The number of oxazole rings is 1. The molecule has 0 radical (unpaired) electrons.